The van der Waals surface area contributed by atoms with Gasteiger partial charge in [-0.1, -0.05) is 36.8 Å². The van der Waals surface area contributed by atoms with E-state index in [-0.39, 0.29) is 18.1 Å². The van der Waals surface area contributed by atoms with Crippen LogP contribution in [0.1, 0.15) is 30.0 Å². The molecule has 6 nitrogen and oxygen atoms in total. The lowest BCUT2D eigenvalue weighted by atomic mass is 9.88. The van der Waals surface area contributed by atoms with Gasteiger partial charge in [0.15, 0.2) is 0 Å². The smallest absolute Gasteiger partial charge is 0.394 e. The fraction of sp³-hybridized carbons (Fsp3) is 0.400. The van der Waals surface area contributed by atoms with Gasteiger partial charge in [0.1, 0.15) is 11.5 Å². The number of hydrogen-bond donors (Lipinski definition) is 2. The molecule has 2 atom stereocenters. The van der Waals surface area contributed by atoms with Gasteiger partial charge in [-0.05, 0) is 30.5 Å². The van der Waals surface area contributed by atoms with Gasteiger partial charge < -0.3 is 16.0 Å². The quantitative estimate of drug-likeness (QED) is 0.334. The Morgan fingerprint density at radius 3 is 2.61 bits per heavy atom. The largest absolute Gasteiger partial charge is 0.417 e. The van der Waals surface area contributed by atoms with E-state index in [1.165, 1.54) is 13.3 Å². The molecule has 0 spiro atoms. The van der Waals surface area contributed by atoms with Gasteiger partial charge in [-0.2, -0.15) is 13.2 Å². The molecule has 36 heavy (non-hydrogen) atoms. The summed E-state index contributed by atoms with van der Waals surface area (Å²) >= 11 is 0. The van der Waals surface area contributed by atoms with Crippen LogP contribution in [0.4, 0.5) is 27.8 Å². The zero-order valence-corrected chi connectivity index (χ0v) is 20.1. The number of rotatable bonds is 6. The van der Waals surface area contributed by atoms with E-state index in [0.29, 0.717) is 17.3 Å². The summed E-state index contributed by atoms with van der Waals surface area (Å²) in [5.41, 5.74) is 6.94. The van der Waals surface area contributed by atoms with Crippen molar-refractivity contribution in [1.82, 2.24) is 9.88 Å². The lowest BCUT2D eigenvalue weighted by Gasteiger charge is -2.43. The molecule has 0 saturated carbocycles. The summed E-state index contributed by atoms with van der Waals surface area (Å²) in [6.45, 7) is 2.62. The van der Waals surface area contributed by atoms with Crippen LogP contribution in [0.15, 0.2) is 53.3 Å². The number of pyridine rings is 1. The van der Waals surface area contributed by atoms with Gasteiger partial charge in [0, 0.05) is 38.0 Å². The highest BCUT2D eigenvalue weighted by molar-refractivity contribution is 6.18. The molecule has 0 aliphatic carbocycles. The molecule has 1 aliphatic rings. The Morgan fingerprint density at radius 2 is 2.03 bits per heavy atom. The fourth-order valence-corrected chi connectivity index (χ4v) is 4.27. The van der Waals surface area contributed by atoms with Crippen molar-refractivity contribution in [2.75, 3.05) is 25.5 Å². The lowest BCUT2D eigenvalue weighted by Crippen LogP contribution is -2.58. The molecule has 1 amide bonds. The molecule has 1 saturated heterocycles. The average molecular weight is 510 g/mol. The van der Waals surface area contributed by atoms with Crippen molar-refractivity contribution in [3.63, 3.8) is 0 Å². The molecule has 1 fully saturated rings. The molecule has 1 aliphatic heterocycles. The van der Waals surface area contributed by atoms with Gasteiger partial charge in [-0.15, -0.1) is 0 Å². The van der Waals surface area contributed by atoms with Gasteiger partial charge >= 0.3 is 6.18 Å². The molecule has 2 heterocycles. The molecule has 11 heteroatoms. The van der Waals surface area contributed by atoms with Gasteiger partial charge in [-0.25, -0.2) is 13.8 Å². The molecule has 1 aromatic heterocycles. The molecule has 3 N–H and O–H groups in total. The number of anilines is 1. The Balaban J connectivity index is 1.90. The number of alkyl halides is 5. The molecular formula is C25H28F5N5O. The molecular weight excluding hydrogens is 481 g/mol. The highest BCUT2D eigenvalue weighted by Gasteiger charge is 2.46. The van der Waals surface area contributed by atoms with Crippen LogP contribution < -0.4 is 11.1 Å². The monoisotopic (exact) mass is 509 g/mol. The second-order valence-corrected chi connectivity index (χ2v) is 8.93. The number of piperidine rings is 1. The molecule has 0 bridgehead atoms. The second-order valence-electron chi connectivity index (χ2n) is 8.93. The van der Waals surface area contributed by atoms with Crippen molar-refractivity contribution in [3.05, 3.63) is 65.0 Å². The predicted molar refractivity (Wildman–Crippen MR) is 129 cm³/mol. The van der Waals surface area contributed by atoms with Gasteiger partial charge in [-0.3, -0.25) is 9.79 Å². The van der Waals surface area contributed by atoms with E-state index in [0.717, 1.165) is 22.6 Å². The number of carbonyl (C=O) groups excluding carboxylic acids is 1. The minimum atomic E-state index is -4.53. The van der Waals surface area contributed by atoms with Crippen molar-refractivity contribution in [2.45, 2.75) is 38.4 Å². The van der Waals surface area contributed by atoms with E-state index < -0.39 is 48.5 Å². The molecule has 1 aromatic carbocycles. The number of amides is 1. The lowest BCUT2D eigenvalue weighted by molar-refractivity contribution is -0.148. The minimum absolute atomic E-state index is 0.00369. The SMILES string of the molecule is CN=CC(=C(N)C(=O)N1CC(F)(F)C[C@@H](C)C1CNc1ccc(C(F)(F)F)cn1)c1cccc(C)c1. The molecule has 2 aromatic rings. The fourth-order valence-electron chi connectivity index (χ4n) is 4.27. The molecule has 3 rings (SSSR count). The highest BCUT2D eigenvalue weighted by atomic mass is 19.4. The van der Waals surface area contributed by atoms with E-state index in [9.17, 15) is 26.7 Å². The van der Waals surface area contributed by atoms with Crippen molar-refractivity contribution in [3.8, 4) is 0 Å². The number of carbonyl (C=O) groups is 1. The topological polar surface area (TPSA) is 83.6 Å². The summed E-state index contributed by atoms with van der Waals surface area (Å²) in [6.07, 6.45) is -2.89. The maximum atomic E-state index is 14.5. The highest BCUT2D eigenvalue weighted by Crippen LogP contribution is 2.35. The summed E-state index contributed by atoms with van der Waals surface area (Å²) in [7, 11) is 1.51. The van der Waals surface area contributed by atoms with E-state index in [2.05, 4.69) is 15.3 Å². The van der Waals surface area contributed by atoms with Crippen LogP contribution in [0.25, 0.3) is 5.57 Å². The maximum absolute atomic E-state index is 14.5. The summed E-state index contributed by atoms with van der Waals surface area (Å²) in [5.74, 6) is -4.40. The molecule has 194 valence electrons. The minimum Gasteiger partial charge on any atom is -0.394 e. The summed E-state index contributed by atoms with van der Waals surface area (Å²) < 4.78 is 67.5. The Hall–Kier alpha value is -3.50. The van der Waals surface area contributed by atoms with E-state index in [1.54, 1.807) is 25.1 Å². The Labute approximate surface area is 206 Å². The first-order valence-corrected chi connectivity index (χ1v) is 11.3. The zero-order chi connectivity index (χ0) is 26.7. The molecule has 0 radical (unpaired) electrons. The van der Waals surface area contributed by atoms with Gasteiger partial charge in [0.25, 0.3) is 11.8 Å². The number of nitrogens with one attached hydrogen (secondary N) is 1. The van der Waals surface area contributed by atoms with Crippen molar-refractivity contribution >= 4 is 23.5 Å². The van der Waals surface area contributed by atoms with E-state index in [1.807, 2.05) is 13.0 Å². The number of nitrogens with zero attached hydrogens (tertiary/aromatic N) is 3. The van der Waals surface area contributed by atoms with Crippen LogP contribution in [0.2, 0.25) is 0 Å². The van der Waals surface area contributed by atoms with E-state index >= 15 is 0 Å². The Morgan fingerprint density at radius 1 is 1.31 bits per heavy atom. The van der Waals surface area contributed by atoms with Crippen LogP contribution in [0.3, 0.4) is 0 Å². The van der Waals surface area contributed by atoms with Crippen molar-refractivity contribution < 1.29 is 26.7 Å². The number of nitrogens with two attached hydrogens (primary N) is 1. The first kappa shape index (κ1) is 27.1. The first-order chi connectivity index (χ1) is 16.8. The molecule has 1 unspecified atom stereocenters. The van der Waals surface area contributed by atoms with Gasteiger partial charge in [0.05, 0.1) is 18.2 Å². The van der Waals surface area contributed by atoms with Crippen LogP contribution in [0.5, 0.6) is 0 Å². The predicted octanol–water partition coefficient (Wildman–Crippen LogP) is 4.76. The van der Waals surface area contributed by atoms with Gasteiger partial charge in [0.2, 0.25) is 0 Å². The Bertz CT molecular complexity index is 1140. The average Bonchev–Trinajstić information content (AvgIpc) is 2.80. The number of aromatic nitrogens is 1. The van der Waals surface area contributed by atoms with Crippen molar-refractivity contribution in [2.24, 2.45) is 16.6 Å². The third kappa shape index (κ3) is 6.38. The second kappa shape index (κ2) is 10.6. The number of aliphatic imine (C=N–C) groups is 1. The maximum Gasteiger partial charge on any atom is 0.417 e. The van der Waals surface area contributed by atoms with Crippen LogP contribution in [-0.2, 0) is 11.0 Å². The number of halogens is 5. The van der Waals surface area contributed by atoms with Crippen LogP contribution >= 0.6 is 0 Å². The third-order valence-corrected chi connectivity index (χ3v) is 6.03. The number of allylic oxidation sites excluding steroid dienone is 1. The summed E-state index contributed by atoms with van der Waals surface area (Å²) in [6, 6.07) is 8.51. The first-order valence-electron chi connectivity index (χ1n) is 11.3. The number of likely N-dealkylation sites (tertiary alicyclic amines) is 1. The third-order valence-electron chi connectivity index (χ3n) is 6.03. The van der Waals surface area contributed by atoms with Crippen LogP contribution in [0, 0.1) is 12.8 Å². The van der Waals surface area contributed by atoms with Crippen molar-refractivity contribution in [1.29, 1.82) is 0 Å². The van der Waals surface area contributed by atoms with Crippen LogP contribution in [-0.4, -0.2) is 54.1 Å². The Kier molecular flexibility index (Phi) is 8.00. The summed E-state index contributed by atoms with van der Waals surface area (Å²) in [5, 5.41) is 2.87. The standard InChI is InChI=1S/C25H28F5N5O/c1-15-5-4-6-17(9-15)19(12-32-3)22(31)23(36)35-14-24(26,27)10-16(2)20(35)13-34-21-8-7-18(11-33-21)25(28,29)30/h4-9,11-12,16,20H,10,13-14,31H2,1-3H3,(H,33,34)/t16-,20?/m1/s1. The summed E-state index contributed by atoms with van der Waals surface area (Å²) in [4.78, 5) is 22.2. The zero-order valence-electron chi connectivity index (χ0n) is 20.1. The number of hydrogen-bond acceptors (Lipinski definition) is 5. The number of aryl methyl sites for hydroxylation is 1. The van der Waals surface area contributed by atoms with E-state index in [4.69, 9.17) is 5.73 Å². The normalized spacial score (nSPS) is 20.8. The number of benzene rings is 1.